The lowest BCUT2D eigenvalue weighted by Gasteiger charge is -2.60. The number of ether oxygens (including phenoxy) is 1. The van der Waals surface area contributed by atoms with Crippen molar-refractivity contribution < 1.29 is 9.53 Å². The van der Waals surface area contributed by atoms with Crippen LogP contribution in [0.4, 0.5) is 11.8 Å². The van der Waals surface area contributed by atoms with Crippen LogP contribution in [0.1, 0.15) is 62.6 Å². The summed E-state index contributed by atoms with van der Waals surface area (Å²) in [6.07, 6.45) is 9.32. The van der Waals surface area contributed by atoms with Crippen molar-refractivity contribution in [1.82, 2.24) is 15.3 Å². The molecule has 1 aromatic carbocycles. The number of aryl methyl sites for hydroxylation is 1. The molecule has 0 spiro atoms. The van der Waals surface area contributed by atoms with E-state index in [4.69, 9.17) is 4.74 Å². The highest BCUT2D eigenvalue weighted by Crippen LogP contribution is 2.60. The molecule has 3 N–H and O–H groups in total. The zero-order valence-corrected chi connectivity index (χ0v) is 22.6. The van der Waals surface area contributed by atoms with Gasteiger partial charge in [-0.2, -0.15) is 10.2 Å². The standard InChI is InChI=1S/C30H38N6O2/c1-4-20(3)38-26(37)17-32-27-23-9-21-10-24(27)13-30(11-21,12-23)18-35-28-25(14-31)16-34-29(36-28)33-15-22-8-6-5-7-19(22)2/h4-8,16,21,23-24,27,32H,9-13,15,17-18H2,1-3H3,(H2,33,34,35,36)/b20-4+/t21?,23-,24+,27?,30?. The number of rotatable bonds is 10. The molecule has 0 radical (unpaired) electrons. The van der Waals surface area contributed by atoms with Gasteiger partial charge in [0.05, 0.1) is 12.7 Å². The third-order valence-corrected chi connectivity index (χ3v) is 8.80. The second-order valence-corrected chi connectivity index (χ2v) is 11.5. The van der Waals surface area contributed by atoms with E-state index in [0.717, 1.165) is 25.3 Å². The van der Waals surface area contributed by atoms with Crippen LogP contribution in [0.2, 0.25) is 0 Å². The van der Waals surface area contributed by atoms with Crippen LogP contribution < -0.4 is 16.0 Å². The van der Waals surface area contributed by atoms with E-state index in [-0.39, 0.29) is 17.9 Å². The third-order valence-electron chi connectivity index (χ3n) is 8.80. The van der Waals surface area contributed by atoms with Crippen LogP contribution in [0.25, 0.3) is 0 Å². The molecule has 8 nitrogen and oxygen atoms in total. The minimum atomic E-state index is -0.217. The monoisotopic (exact) mass is 514 g/mol. The summed E-state index contributed by atoms with van der Waals surface area (Å²) < 4.78 is 5.34. The van der Waals surface area contributed by atoms with Crippen molar-refractivity contribution in [3.63, 3.8) is 0 Å². The molecule has 0 amide bonds. The molecular formula is C30H38N6O2. The van der Waals surface area contributed by atoms with Gasteiger partial charge in [0.25, 0.3) is 0 Å². The van der Waals surface area contributed by atoms with E-state index in [2.05, 4.69) is 51.0 Å². The van der Waals surface area contributed by atoms with Gasteiger partial charge < -0.3 is 20.7 Å². The van der Waals surface area contributed by atoms with Crippen molar-refractivity contribution in [2.45, 2.75) is 65.5 Å². The lowest BCUT2D eigenvalue weighted by molar-refractivity contribution is -0.139. The van der Waals surface area contributed by atoms with Crippen LogP contribution >= 0.6 is 0 Å². The third kappa shape index (κ3) is 5.68. The lowest BCUT2D eigenvalue weighted by Crippen LogP contribution is -2.60. The van der Waals surface area contributed by atoms with Crippen LogP contribution in [0.15, 0.2) is 42.3 Å². The summed E-state index contributed by atoms with van der Waals surface area (Å²) in [5, 5.41) is 20.1. The normalized spacial score (nSPS) is 27.6. The Morgan fingerprint density at radius 2 is 1.97 bits per heavy atom. The maximum atomic E-state index is 12.2. The van der Waals surface area contributed by atoms with Crippen molar-refractivity contribution in [3.05, 3.63) is 59.0 Å². The number of esters is 1. The molecule has 200 valence electrons. The highest BCUT2D eigenvalue weighted by Gasteiger charge is 2.55. The van der Waals surface area contributed by atoms with Gasteiger partial charge in [-0.15, -0.1) is 0 Å². The Kier molecular flexibility index (Phi) is 7.66. The molecule has 1 aromatic heterocycles. The second kappa shape index (κ2) is 11.1. The van der Waals surface area contributed by atoms with Crippen molar-refractivity contribution in [3.8, 4) is 6.07 Å². The largest absolute Gasteiger partial charge is 0.431 e. The Hall–Kier alpha value is -3.44. The van der Waals surface area contributed by atoms with Gasteiger partial charge in [0.1, 0.15) is 23.2 Å². The van der Waals surface area contributed by atoms with Crippen LogP contribution in [0.3, 0.4) is 0 Å². The Bertz CT molecular complexity index is 1240. The summed E-state index contributed by atoms with van der Waals surface area (Å²) in [6.45, 7) is 7.44. The van der Waals surface area contributed by atoms with Gasteiger partial charge in [-0.3, -0.25) is 4.79 Å². The summed E-state index contributed by atoms with van der Waals surface area (Å²) in [7, 11) is 0. The minimum absolute atomic E-state index is 0.198. The lowest BCUT2D eigenvalue weighted by atomic mass is 9.48. The first-order valence-electron chi connectivity index (χ1n) is 13.7. The summed E-state index contributed by atoms with van der Waals surface area (Å²) in [5.74, 6) is 3.40. The van der Waals surface area contributed by atoms with Crippen molar-refractivity contribution in [2.75, 3.05) is 23.7 Å². The fourth-order valence-electron chi connectivity index (χ4n) is 7.16. The molecule has 4 bridgehead atoms. The molecule has 2 aromatic rings. The zero-order chi connectivity index (χ0) is 26.7. The summed E-state index contributed by atoms with van der Waals surface area (Å²) in [5.41, 5.74) is 3.07. The Labute approximate surface area is 225 Å². The second-order valence-electron chi connectivity index (χ2n) is 11.5. The van der Waals surface area contributed by atoms with Gasteiger partial charge in [0.2, 0.25) is 5.95 Å². The van der Waals surface area contributed by atoms with Crippen molar-refractivity contribution in [2.24, 2.45) is 23.2 Å². The Balaban J connectivity index is 1.21. The molecule has 38 heavy (non-hydrogen) atoms. The SMILES string of the molecule is C/C=C(\C)OC(=O)CNC1[C@@H]2CC3C[C@H]1CC(CNc1nc(NCc4ccccc4C)ncc1C#N)(C3)C2. The molecule has 6 rings (SSSR count). The number of hydrogen-bond acceptors (Lipinski definition) is 8. The molecule has 0 saturated heterocycles. The first kappa shape index (κ1) is 26.2. The number of carbonyl (C=O) groups excluding carboxylic acids is 1. The van der Waals surface area contributed by atoms with Crippen molar-refractivity contribution >= 4 is 17.7 Å². The van der Waals surface area contributed by atoms with E-state index in [1.807, 2.05) is 19.1 Å². The maximum Gasteiger partial charge on any atom is 0.324 e. The minimum Gasteiger partial charge on any atom is -0.431 e. The fourth-order valence-corrected chi connectivity index (χ4v) is 7.16. The molecule has 0 aliphatic heterocycles. The van der Waals surface area contributed by atoms with E-state index in [9.17, 15) is 10.1 Å². The van der Waals surface area contributed by atoms with E-state index < -0.39 is 0 Å². The van der Waals surface area contributed by atoms with E-state index in [1.165, 1.54) is 30.4 Å². The molecule has 1 heterocycles. The van der Waals surface area contributed by atoms with Crippen LogP contribution in [0.5, 0.6) is 0 Å². The number of benzene rings is 1. The quantitative estimate of drug-likeness (QED) is 0.302. The predicted octanol–water partition coefficient (Wildman–Crippen LogP) is 4.93. The summed E-state index contributed by atoms with van der Waals surface area (Å²) in [6, 6.07) is 10.8. The Morgan fingerprint density at radius 3 is 2.68 bits per heavy atom. The Morgan fingerprint density at radius 1 is 1.21 bits per heavy atom. The predicted molar refractivity (Wildman–Crippen MR) is 147 cm³/mol. The first-order chi connectivity index (χ1) is 18.4. The molecule has 4 aliphatic carbocycles. The van der Waals surface area contributed by atoms with Crippen LogP contribution in [-0.2, 0) is 16.1 Å². The summed E-state index contributed by atoms with van der Waals surface area (Å²) >= 11 is 0. The van der Waals surface area contributed by atoms with Crippen LogP contribution in [0, 0.1) is 41.4 Å². The number of allylic oxidation sites excluding steroid dienone is 2. The van der Waals surface area contributed by atoms with Gasteiger partial charge in [-0.25, -0.2) is 4.98 Å². The molecule has 4 fully saturated rings. The van der Waals surface area contributed by atoms with Gasteiger partial charge >= 0.3 is 5.97 Å². The highest BCUT2D eigenvalue weighted by atomic mass is 16.5. The topological polar surface area (TPSA) is 112 Å². The molecule has 3 unspecified atom stereocenters. The first-order valence-corrected chi connectivity index (χ1v) is 13.7. The molecule has 8 heteroatoms. The van der Waals surface area contributed by atoms with E-state index in [1.54, 1.807) is 19.2 Å². The molecule has 5 atom stereocenters. The number of nitrogens with one attached hydrogen (secondary N) is 3. The number of nitrogens with zero attached hydrogens (tertiary/aromatic N) is 3. The molecular weight excluding hydrogens is 476 g/mol. The number of hydrogen-bond donors (Lipinski definition) is 3. The summed E-state index contributed by atoms with van der Waals surface area (Å²) in [4.78, 5) is 21.3. The fraction of sp³-hybridized carbons (Fsp3) is 0.533. The average Bonchev–Trinajstić information content (AvgIpc) is 2.90. The van der Waals surface area contributed by atoms with Crippen molar-refractivity contribution in [1.29, 1.82) is 5.26 Å². The molecule has 4 aliphatic rings. The number of nitriles is 1. The number of carbonyl (C=O) groups is 1. The maximum absolute atomic E-state index is 12.2. The zero-order valence-electron chi connectivity index (χ0n) is 22.6. The smallest absolute Gasteiger partial charge is 0.324 e. The average molecular weight is 515 g/mol. The van der Waals surface area contributed by atoms with Gasteiger partial charge in [-0.05, 0) is 93.2 Å². The number of anilines is 2. The van der Waals surface area contributed by atoms with E-state index >= 15 is 0 Å². The van der Waals surface area contributed by atoms with Gasteiger partial charge in [-0.1, -0.05) is 24.3 Å². The van der Waals surface area contributed by atoms with Gasteiger partial charge in [0.15, 0.2) is 0 Å². The van der Waals surface area contributed by atoms with E-state index in [0.29, 0.717) is 47.5 Å². The molecule has 4 saturated carbocycles. The van der Waals surface area contributed by atoms with Crippen LogP contribution in [-0.4, -0.2) is 35.1 Å². The number of aromatic nitrogens is 2. The highest BCUT2D eigenvalue weighted by molar-refractivity contribution is 5.72. The van der Waals surface area contributed by atoms with Gasteiger partial charge in [0, 0.05) is 19.1 Å².